The Bertz CT molecular complexity index is 1310. The quantitative estimate of drug-likeness (QED) is 0.465. The van der Waals surface area contributed by atoms with E-state index in [1.807, 2.05) is 60.1 Å². The zero-order valence-electron chi connectivity index (χ0n) is 15.0. The predicted molar refractivity (Wildman–Crippen MR) is 107 cm³/mol. The van der Waals surface area contributed by atoms with Crippen molar-refractivity contribution >= 4 is 33.7 Å². The van der Waals surface area contributed by atoms with E-state index in [0.717, 1.165) is 27.9 Å². The highest BCUT2D eigenvalue weighted by Crippen LogP contribution is 2.29. The second-order valence-electron chi connectivity index (χ2n) is 6.28. The van der Waals surface area contributed by atoms with Crippen molar-refractivity contribution in [3.8, 4) is 11.8 Å². The molecule has 5 aromatic rings. The van der Waals surface area contributed by atoms with E-state index in [1.165, 1.54) is 6.33 Å². The molecular weight excluding hydrogens is 376 g/mol. The van der Waals surface area contributed by atoms with E-state index in [9.17, 15) is 0 Å². The smallest absolute Gasteiger partial charge is 0.303 e. The molecule has 5 rings (SSSR count). The fraction of sp³-hybridized carbons (Fsp3) is 0.100. The Hall–Kier alpha value is -3.45. The first-order valence-electron chi connectivity index (χ1n) is 8.69. The van der Waals surface area contributed by atoms with Crippen LogP contribution in [0.3, 0.4) is 0 Å². The maximum absolute atomic E-state index is 6.34. The highest BCUT2D eigenvalue weighted by Gasteiger charge is 2.18. The van der Waals surface area contributed by atoms with Crippen LogP contribution in [0.15, 0.2) is 61.1 Å². The number of nitrogens with zero attached hydrogens (tertiary/aromatic N) is 6. The number of hydrogen-bond donors (Lipinski definition) is 0. The van der Waals surface area contributed by atoms with E-state index in [4.69, 9.17) is 16.3 Å². The lowest BCUT2D eigenvalue weighted by Crippen LogP contribution is -2.08. The standard InChI is InChI=1S/C20H15ClN6O/c1-26-16-8-4-2-6-14(16)24-18(26)11-28-20-25-15-7-3-5-9-17(15)27(20)19-13(21)10-22-12-23-19/h2-10,12H,11H2,1H3. The average molecular weight is 391 g/mol. The molecule has 3 aromatic heterocycles. The van der Waals surface area contributed by atoms with Gasteiger partial charge in [-0.05, 0) is 24.3 Å². The molecule has 0 atom stereocenters. The molecule has 0 radical (unpaired) electrons. The van der Waals surface area contributed by atoms with Gasteiger partial charge in [-0.25, -0.2) is 19.5 Å². The molecule has 0 aliphatic carbocycles. The monoisotopic (exact) mass is 390 g/mol. The molecule has 0 N–H and O–H groups in total. The van der Waals surface area contributed by atoms with Crippen LogP contribution in [0.5, 0.6) is 6.01 Å². The summed E-state index contributed by atoms with van der Waals surface area (Å²) in [4.78, 5) is 17.5. The van der Waals surface area contributed by atoms with Crippen LogP contribution in [0.2, 0.25) is 5.02 Å². The Morgan fingerprint density at radius 1 is 0.964 bits per heavy atom. The normalized spacial score (nSPS) is 11.4. The predicted octanol–water partition coefficient (Wildman–Crippen LogP) is 3.93. The van der Waals surface area contributed by atoms with Crippen LogP contribution in [-0.4, -0.2) is 29.1 Å². The van der Waals surface area contributed by atoms with E-state index in [1.54, 1.807) is 10.8 Å². The number of ether oxygens (including phenoxy) is 1. The van der Waals surface area contributed by atoms with Crippen LogP contribution < -0.4 is 4.74 Å². The molecule has 3 heterocycles. The molecule has 0 aliphatic rings. The molecular formula is C20H15ClN6O. The van der Waals surface area contributed by atoms with Crippen LogP contribution in [-0.2, 0) is 13.7 Å². The van der Waals surface area contributed by atoms with Gasteiger partial charge in [-0.3, -0.25) is 0 Å². The number of imidazole rings is 2. The summed E-state index contributed by atoms with van der Waals surface area (Å²) >= 11 is 6.34. The topological polar surface area (TPSA) is 70.7 Å². The average Bonchev–Trinajstić information content (AvgIpc) is 3.25. The molecule has 0 amide bonds. The van der Waals surface area contributed by atoms with Crippen molar-refractivity contribution in [2.24, 2.45) is 7.05 Å². The van der Waals surface area contributed by atoms with Gasteiger partial charge in [0.05, 0.1) is 28.3 Å². The van der Waals surface area contributed by atoms with Crippen molar-refractivity contribution in [1.82, 2.24) is 29.1 Å². The Balaban J connectivity index is 1.58. The number of aromatic nitrogens is 6. The number of aryl methyl sites for hydroxylation is 1. The second kappa shape index (κ2) is 6.61. The van der Waals surface area contributed by atoms with Crippen LogP contribution >= 0.6 is 11.6 Å². The van der Waals surface area contributed by atoms with Gasteiger partial charge in [-0.2, -0.15) is 4.98 Å². The number of hydrogen-bond acceptors (Lipinski definition) is 5. The van der Waals surface area contributed by atoms with Crippen molar-refractivity contribution in [3.63, 3.8) is 0 Å². The summed E-state index contributed by atoms with van der Waals surface area (Å²) in [6, 6.07) is 16.1. The summed E-state index contributed by atoms with van der Waals surface area (Å²) in [5.41, 5.74) is 3.62. The largest absolute Gasteiger partial charge is 0.456 e. The maximum atomic E-state index is 6.34. The summed E-state index contributed by atoms with van der Waals surface area (Å²) in [5.74, 6) is 1.32. The number of benzene rings is 2. The van der Waals surface area contributed by atoms with Gasteiger partial charge in [0, 0.05) is 7.05 Å². The lowest BCUT2D eigenvalue weighted by atomic mass is 10.3. The Morgan fingerprint density at radius 2 is 1.68 bits per heavy atom. The van der Waals surface area contributed by atoms with E-state index < -0.39 is 0 Å². The van der Waals surface area contributed by atoms with Crippen LogP contribution in [0, 0.1) is 0 Å². The fourth-order valence-corrected chi connectivity index (χ4v) is 3.42. The summed E-state index contributed by atoms with van der Waals surface area (Å²) < 4.78 is 9.88. The third kappa shape index (κ3) is 2.68. The number of fused-ring (bicyclic) bond motifs is 2. The molecule has 138 valence electrons. The first kappa shape index (κ1) is 16.7. The van der Waals surface area contributed by atoms with Crippen LogP contribution in [0.1, 0.15) is 5.82 Å². The van der Waals surface area contributed by atoms with Crippen molar-refractivity contribution in [2.45, 2.75) is 6.61 Å². The minimum Gasteiger partial charge on any atom is -0.456 e. The molecule has 0 bridgehead atoms. The lowest BCUT2D eigenvalue weighted by molar-refractivity contribution is 0.265. The fourth-order valence-electron chi connectivity index (χ4n) is 3.23. The summed E-state index contributed by atoms with van der Waals surface area (Å²) in [7, 11) is 1.97. The van der Waals surface area contributed by atoms with E-state index in [-0.39, 0.29) is 6.61 Å². The molecule has 0 unspecified atom stereocenters. The molecule has 28 heavy (non-hydrogen) atoms. The van der Waals surface area contributed by atoms with E-state index in [2.05, 4.69) is 19.9 Å². The van der Waals surface area contributed by atoms with Crippen LogP contribution in [0.4, 0.5) is 0 Å². The summed E-state index contributed by atoms with van der Waals surface area (Å²) in [6.07, 6.45) is 3.00. The molecule has 0 fully saturated rings. The first-order chi connectivity index (χ1) is 13.7. The number of para-hydroxylation sites is 4. The SMILES string of the molecule is Cn1c(COc2nc3ccccc3n2-c2ncncc2Cl)nc2ccccc21. The van der Waals surface area contributed by atoms with Gasteiger partial charge in [-0.1, -0.05) is 35.9 Å². The Kier molecular flexibility index (Phi) is 3.95. The second-order valence-corrected chi connectivity index (χ2v) is 6.68. The molecule has 0 spiro atoms. The molecule has 8 heteroatoms. The number of rotatable bonds is 4. The van der Waals surface area contributed by atoms with Crippen molar-refractivity contribution in [1.29, 1.82) is 0 Å². The third-order valence-electron chi connectivity index (χ3n) is 4.60. The van der Waals surface area contributed by atoms with Gasteiger partial charge in [0.25, 0.3) is 0 Å². The van der Waals surface area contributed by atoms with E-state index in [0.29, 0.717) is 16.9 Å². The van der Waals surface area contributed by atoms with Gasteiger partial charge in [0.2, 0.25) is 0 Å². The Morgan fingerprint density at radius 3 is 2.43 bits per heavy atom. The zero-order chi connectivity index (χ0) is 19.1. The zero-order valence-corrected chi connectivity index (χ0v) is 15.7. The molecule has 2 aromatic carbocycles. The van der Waals surface area contributed by atoms with E-state index >= 15 is 0 Å². The summed E-state index contributed by atoms with van der Waals surface area (Å²) in [6.45, 7) is 0.261. The molecule has 0 saturated carbocycles. The van der Waals surface area contributed by atoms with Crippen molar-refractivity contribution < 1.29 is 4.74 Å². The van der Waals surface area contributed by atoms with Gasteiger partial charge in [0.1, 0.15) is 23.8 Å². The molecule has 7 nitrogen and oxygen atoms in total. The van der Waals surface area contributed by atoms with Crippen molar-refractivity contribution in [3.05, 3.63) is 71.9 Å². The minimum atomic E-state index is 0.261. The maximum Gasteiger partial charge on any atom is 0.303 e. The minimum absolute atomic E-state index is 0.261. The number of halogens is 1. The molecule has 0 aliphatic heterocycles. The van der Waals surface area contributed by atoms with Crippen molar-refractivity contribution in [2.75, 3.05) is 0 Å². The van der Waals surface area contributed by atoms with Crippen LogP contribution in [0.25, 0.3) is 27.9 Å². The van der Waals surface area contributed by atoms with Gasteiger partial charge >= 0.3 is 6.01 Å². The first-order valence-corrected chi connectivity index (χ1v) is 9.06. The van der Waals surface area contributed by atoms with Gasteiger partial charge in [0.15, 0.2) is 5.82 Å². The highest BCUT2D eigenvalue weighted by atomic mass is 35.5. The summed E-state index contributed by atoms with van der Waals surface area (Å²) in [5, 5.41) is 0.415. The van der Waals surface area contributed by atoms with Gasteiger partial charge in [-0.15, -0.1) is 0 Å². The van der Waals surface area contributed by atoms with Gasteiger partial charge < -0.3 is 9.30 Å². The Labute approximate surface area is 165 Å². The third-order valence-corrected chi connectivity index (χ3v) is 4.87. The highest BCUT2D eigenvalue weighted by molar-refractivity contribution is 6.32. The molecule has 0 saturated heterocycles. The lowest BCUT2D eigenvalue weighted by Gasteiger charge is -2.10.